The van der Waals surface area contributed by atoms with Gasteiger partial charge in [0.25, 0.3) is 0 Å². The van der Waals surface area contributed by atoms with E-state index in [0.717, 1.165) is 25.2 Å². The molecule has 2 atom stereocenters. The third kappa shape index (κ3) is 3.77. The van der Waals surface area contributed by atoms with Gasteiger partial charge in [0.2, 0.25) is 0 Å². The lowest BCUT2D eigenvalue weighted by Crippen LogP contribution is -2.32. The van der Waals surface area contributed by atoms with E-state index in [0.29, 0.717) is 22.9 Å². The van der Waals surface area contributed by atoms with Crippen molar-refractivity contribution in [1.29, 1.82) is 0 Å². The van der Waals surface area contributed by atoms with Gasteiger partial charge in [-0.05, 0) is 18.9 Å². The Hall–Kier alpha value is -1.89. The van der Waals surface area contributed by atoms with Crippen LogP contribution in [0.1, 0.15) is 24.5 Å². The Morgan fingerprint density at radius 1 is 1.33 bits per heavy atom. The minimum Gasteiger partial charge on any atom is -0.394 e. The maximum atomic E-state index is 10.3. The number of aromatic nitrogens is 2. The summed E-state index contributed by atoms with van der Waals surface area (Å²) in [5.41, 5.74) is 0.681. The molecule has 3 N–H and O–H groups in total. The summed E-state index contributed by atoms with van der Waals surface area (Å²) in [5.74, 6) is 1.42. The van der Waals surface area contributed by atoms with E-state index in [1.807, 2.05) is 18.2 Å². The lowest BCUT2D eigenvalue weighted by molar-refractivity contribution is 0.191. The molecule has 0 bridgehead atoms. The molecule has 2 heterocycles. The molecule has 1 fully saturated rings. The maximum Gasteiger partial charge on any atom is 0.134 e. The fraction of sp³-hybridized carbons (Fsp3) is 0.412. The van der Waals surface area contributed by atoms with Crippen LogP contribution in [0.3, 0.4) is 0 Å². The van der Waals surface area contributed by atoms with Crippen molar-refractivity contribution in [2.24, 2.45) is 0 Å². The fourth-order valence-electron chi connectivity index (χ4n) is 2.98. The van der Waals surface area contributed by atoms with Gasteiger partial charge in [0.05, 0.1) is 18.8 Å². The fourth-order valence-corrected chi connectivity index (χ4v) is 3.25. The summed E-state index contributed by atoms with van der Waals surface area (Å²) in [7, 11) is 0. The summed E-state index contributed by atoms with van der Waals surface area (Å²) in [5, 5.41) is 23.4. The molecule has 1 aliphatic heterocycles. The first-order chi connectivity index (χ1) is 11.7. The summed E-state index contributed by atoms with van der Waals surface area (Å²) in [6.45, 7) is 1.30. The zero-order valence-electron chi connectivity index (χ0n) is 13.3. The molecule has 2 unspecified atom stereocenters. The highest BCUT2D eigenvalue weighted by atomic mass is 35.5. The number of aliphatic hydroxyl groups excluding tert-OH is 2. The summed E-state index contributed by atoms with van der Waals surface area (Å²) >= 11 is 6.10. The van der Waals surface area contributed by atoms with Crippen LogP contribution < -0.4 is 10.2 Å². The van der Waals surface area contributed by atoms with Crippen LogP contribution in [0.15, 0.2) is 36.7 Å². The summed E-state index contributed by atoms with van der Waals surface area (Å²) < 4.78 is 0. The Kier molecular flexibility index (Phi) is 5.50. The van der Waals surface area contributed by atoms with Gasteiger partial charge in [-0.25, -0.2) is 9.97 Å². The highest BCUT2D eigenvalue weighted by Gasteiger charge is 2.25. The first-order valence-electron chi connectivity index (χ1n) is 8.05. The Bertz CT molecular complexity index is 685. The van der Waals surface area contributed by atoms with Crippen molar-refractivity contribution in [2.75, 3.05) is 29.9 Å². The summed E-state index contributed by atoms with van der Waals surface area (Å²) in [6, 6.07) is 9.18. The van der Waals surface area contributed by atoms with Gasteiger partial charge in [-0.2, -0.15) is 0 Å². The van der Waals surface area contributed by atoms with Gasteiger partial charge in [-0.15, -0.1) is 0 Å². The molecule has 1 aliphatic rings. The number of hydrogen-bond donors (Lipinski definition) is 3. The molecule has 128 valence electrons. The molecule has 0 radical (unpaired) electrons. The number of anilines is 2. The van der Waals surface area contributed by atoms with Crippen molar-refractivity contribution in [2.45, 2.75) is 25.0 Å². The zero-order chi connectivity index (χ0) is 16.9. The number of hydrogen-bond acceptors (Lipinski definition) is 6. The minimum absolute atomic E-state index is 0.112. The Labute approximate surface area is 146 Å². The van der Waals surface area contributed by atoms with Crippen molar-refractivity contribution in [3.8, 4) is 0 Å². The van der Waals surface area contributed by atoms with Crippen LogP contribution in [-0.4, -0.2) is 45.9 Å². The van der Waals surface area contributed by atoms with E-state index in [4.69, 9.17) is 11.6 Å². The second-order valence-corrected chi connectivity index (χ2v) is 6.26. The van der Waals surface area contributed by atoms with Gasteiger partial charge in [0.15, 0.2) is 0 Å². The molecule has 6 nitrogen and oxygen atoms in total. The van der Waals surface area contributed by atoms with Gasteiger partial charge < -0.3 is 20.4 Å². The monoisotopic (exact) mass is 348 g/mol. The molecule has 0 spiro atoms. The van der Waals surface area contributed by atoms with E-state index in [1.54, 1.807) is 12.1 Å². The van der Waals surface area contributed by atoms with Crippen molar-refractivity contribution in [3.05, 3.63) is 47.2 Å². The minimum atomic E-state index is -0.728. The van der Waals surface area contributed by atoms with Crippen LogP contribution in [0.2, 0.25) is 5.02 Å². The maximum absolute atomic E-state index is 10.3. The van der Waals surface area contributed by atoms with Crippen LogP contribution in [0.25, 0.3) is 0 Å². The zero-order valence-corrected chi connectivity index (χ0v) is 14.0. The Morgan fingerprint density at radius 3 is 2.96 bits per heavy atom. The van der Waals surface area contributed by atoms with E-state index in [-0.39, 0.29) is 12.6 Å². The Balaban J connectivity index is 1.66. The second kappa shape index (κ2) is 7.79. The summed E-state index contributed by atoms with van der Waals surface area (Å²) in [6.07, 6.45) is 2.78. The molecule has 3 rings (SSSR count). The van der Waals surface area contributed by atoms with Crippen molar-refractivity contribution in [3.63, 3.8) is 0 Å². The van der Waals surface area contributed by atoms with Gasteiger partial charge in [-0.1, -0.05) is 29.8 Å². The van der Waals surface area contributed by atoms with Crippen LogP contribution in [0.5, 0.6) is 0 Å². The van der Waals surface area contributed by atoms with E-state index < -0.39 is 6.10 Å². The van der Waals surface area contributed by atoms with Gasteiger partial charge >= 0.3 is 0 Å². The number of benzene rings is 1. The quantitative estimate of drug-likeness (QED) is 0.742. The molecule has 0 amide bonds. The molecule has 7 heteroatoms. The van der Waals surface area contributed by atoms with E-state index >= 15 is 0 Å². The molecule has 1 aromatic carbocycles. The second-order valence-electron chi connectivity index (χ2n) is 5.85. The lowest BCUT2D eigenvalue weighted by atomic mass is 10.1. The molecule has 0 aliphatic carbocycles. The van der Waals surface area contributed by atoms with Crippen LogP contribution in [0.4, 0.5) is 11.6 Å². The SMILES string of the molecule is OCC1CCCN1c1cc(NCC(O)c2ccccc2Cl)ncn1. The molecule has 1 saturated heterocycles. The third-order valence-electron chi connectivity index (χ3n) is 4.28. The Morgan fingerprint density at radius 2 is 2.17 bits per heavy atom. The van der Waals surface area contributed by atoms with E-state index in [9.17, 15) is 10.2 Å². The topological polar surface area (TPSA) is 81.5 Å². The van der Waals surface area contributed by atoms with Gasteiger partial charge in [0, 0.05) is 29.7 Å². The smallest absolute Gasteiger partial charge is 0.134 e. The predicted octanol–water partition coefficient (Wildman–Crippen LogP) is 2.24. The first-order valence-corrected chi connectivity index (χ1v) is 8.42. The summed E-state index contributed by atoms with van der Waals surface area (Å²) in [4.78, 5) is 10.6. The highest BCUT2D eigenvalue weighted by molar-refractivity contribution is 6.31. The van der Waals surface area contributed by atoms with Gasteiger partial charge in [0.1, 0.15) is 18.0 Å². The lowest BCUT2D eigenvalue weighted by Gasteiger charge is -2.24. The molecule has 1 aromatic heterocycles. The average molecular weight is 349 g/mol. The first kappa shape index (κ1) is 17.0. The predicted molar refractivity (Wildman–Crippen MR) is 94.4 cm³/mol. The number of aliphatic hydroxyl groups is 2. The van der Waals surface area contributed by atoms with Crippen molar-refractivity contribution >= 4 is 23.2 Å². The van der Waals surface area contributed by atoms with Crippen LogP contribution in [0, 0.1) is 0 Å². The number of nitrogens with one attached hydrogen (secondary N) is 1. The van der Waals surface area contributed by atoms with Crippen LogP contribution >= 0.6 is 11.6 Å². The van der Waals surface area contributed by atoms with Crippen molar-refractivity contribution in [1.82, 2.24) is 9.97 Å². The number of halogens is 1. The van der Waals surface area contributed by atoms with E-state index in [1.165, 1.54) is 6.33 Å². The molecular weight excluding hydrogens is 328 g/mol. The largest absolute Gasteiger partial charge is 0.394 e. The van der Waals surface area contributed by atoms with Gasteiger partial charge in [-0.3, -0.25) is 0 Å². The van der Waals surface area contributed by atoms with E-state index in [2.05, 4.69) is 20.2 Å². The average Bonchev–Trinajstić information content (AvgIpc) is 3.09. The van der Waals surface area contributed by atoms with Crippen LogP contribution in [-0.2, 0) is 0 Å². The number of rotatable bonds is 6. The molecule has 0 saturated carbocycles. The van der Waals surface area contributed by atoms with Crippen molar-refractivity contribution < 1.29 is 10.2 Å². The molecular formula is C17H21ClN4O2. The number of nitrogens with zero attached hydrogens (tertiary/aromatic N) is 3. The highest BCUT2D eigenvalue weighted by Crippen LogP contribution is 2.26. The standard InChI is InChI=1S/C17H21ClN4O2/c18-14-6-2-1-5-13(14)15(24)9-19-16-8-17(21-11-20-16)22-7-3-4-12(22)10-23/h1-2,5-6,8,11-12,15,23-24H,3-4,7,9-10H2,(H,19,20,21). The normalized spacial score (nSPS) is 18.6. The molecule has 24 heavy (non-hydrogen) atoms. The third-order valence-corrected chi connectivity index (χ3v) is 4.62. The molecule has 2 aromatic rings.